The Balaban J connectivity index is 1.56. The van der Waals surface area contributed by atoms with E-state index in [1.807, 2.05) is 61.7 Å². The maximum atomic E-state index is 12.6. The average molecular weight is 473 g/mol. The number of aryl methyl sites for hydroxylation is 1. The number of nitrogens with zero attached hydrogens (tertiary/aromatic N) is 2. The number of carbonyl (C=O) groups excluding carboxylic acids is 2. The smallest absolute Gasteiger partial charge is 0.237 e. The molecule has 0 aliphatic heterocycles. The van der Waals surface area contributed by atoms with Crippen LogP contribution in [0, 0.1) is 6.92 Å². The average Bonchev–Trinajstić information content (AvgIpc) is 3.14. The summed E-state index contributed by atoms with van der Waals surface area (Å²) in [7, 11) is 0. The molecular weight excluding hydrogens is 452 g/mol. The number of carbonyl (C=O) groups is 2. The van der Waals surface area contributed by atoms with Gasteiger partial charge in [-0.2, -0.15) is 5.10 Å². The molecule has 0 spiro atoms. The molecule has 0 bridgehead atoms. The summed E-state index contributed by atoms with van der Waals surface area (Å²) in [5.74, 6) is -0.118. The lowest BCUT2D eigenvalue weighted by Crippen LogP contribution is -2.25. The normalized spacial score (nSPS) is 11.7. The topological polar surface area (TPSA) is 76.0 Å². The monoisotopic (exact) mass is 472 g/mol. The minimum atomic E-state index is -0.392. The summed E-state index contributed by atoms with van der Waals surface area (Å²) in [6, 6.07) is 15.0. The predicted molar refractivity (Wildman–Crippen MR) is 122 cm³/mol. The molecule has 0 saturated heterocycles. The van der Waals surface area contributed by atoms with Crippen LogP contribution in [0.2, 0.25) is 0 Å². The van der Waals surface area contributed by atoms with Gasteiger partial charge in [0, 0.05) is 11.9 Å². The van der Waals surface area contributed by atoms with E-state index in [0.29, 0.717) is 5.69 Å². The molecule has 0 aliphatic carbocycles. The van der Waals surface area contributed by atoms with E-state index in [-0.39, 0.29) is 17.6 Å². The van der Waals surface area contributed by atoms with E-state index >= 15 is 0 Å². The zero-order chi connectivity index (χ0) is 20.8. The first-order valence-electron chi connectivity index (χ1n) is 9.01. The van der Waals surface area contributed by atoms with Gasteiger partial charge in [-0.05, 0) is 54.0 Å². The molecule has 1 heterocycles. The van der Waals surface area contributed by atoms with Crippen LogP contribution in [-0.4, -0.2) is 32.6 Å². The van der Waals surface area contributed by atoms with E-state index in [2.05, 4.69) is 31.7 Å². The van der Waals surface area contributed by atoms with E-state index < -0.39 is 5.25 Å². The fourth-order valence-electron chi connectivity index (χ4n) is 2.56. The first kappa shape index (κ1) is 21.1. The van der Waals surface area contributed by atoms with Crippen molar-refractivity contribution in [1.82, 2.24) is 9.78 Å². The summed E-state index contributed by atoms with van der Waals surface area (Å²) < 4.78 is 2.54. The van der Waals surface area contributed by atoms with Crippen molar-refractivity contribution in [3.8, 4) is 5.69 Å². The summed E-state index contributed by atoms with van der Waals surface area (Å²) in [6.45, 7) is 3.78. The molecule has 0 aliphatic rings. The number of rotatable bonds is 7. The number of halogens is 1. The largest absolute Gasteiger partial charge is 0.325 e. The molecule has 150 valence electrons. The highest BCUT2D eigenvalue weighted by atomic mass is 79.9. The van der Waals surface area contributed by atoms with Crippen molar-refractivity contribution in [1.29, 1.82) is 0 Å². The second-order valence-electron chi connectivity index (χ2n) is 6.48. The molecule has 0 fully saturated rings. The summed E-state index contributed by atoms with van der Waals surface area (Å²) in [4.78, 5) is 24.8. The van der Waals surface area contributed by atoms with Crippen molar-refractivity contribution >= 4 is 50.9 Å². The van der Waals surface area contributed by atoms with Gasteiger partial charge in [0.15, 0.2) is 0 Å². The Kier molecular flexibility index (Phi) is 7.11. The SMILES string of the molecule is Cc1ccc(NC(=O)CSC(C)C(=O)Nc2ccccc2-n2cc(Br)cn2)cc1. The molecule has 2 amide bonds. The van der Waals surface area contributed by atoms with E-state index in [0.717, 1.165) is 21.4 Å². The second kappa shape index (κ2) is 9.76. The minimum Gasteiger partial charge on any atom is -0.325 e. The van der Waals surface area contributed by atoms with Crippen LogP contribution in [0.4, 0.5) is 11.4 Å². The summed E-state index contributed by atoms with van der Waals surface area (Å²) >= 11 is 4.66. The fourth-order valence-corrected chi connectivity index (χ4v) is 3.53. The third-order valence-corrected chi connectivity index (χ3v) is 5.68. The molecule has 3 rings (SSSR count). The minimum absolute atomic E-state index is 0.139. The lowest BCUT2D eigenvalue weighted by molar-refractivity contribution is -0.115. The zero-order valence-corrected chi connectivity index (χ0v) is 18.5. The summed E-state index contributed by atoms with van der Waals surface area (Å²) in [5, 5.41) is 9.64. The van der Waals surface area contributed by atoms with Gasteiger partial charge in [-0.3, -0.25) is 9.59 Å². The van der Waals surface area contributed by atoms with E-state index in [1.165, 1.54) is 11.8 Å². The Morgan fingerprint density at radius 1 is 1.14 bits per heavy atom. The molecular formula is C21H21BrN4O2S. The third-order valence-electron chi connectivity index (χ3n) is 4.13. The van der Waals surface area contributed by atoms with Crippen molar-refractivity contribution in [2.24, 2.45) is 0 Å². The van der Waals surface area contributed by atoms with Gasteiger partial charge in [0.05, 0.1) is 33.0 Å². The number of hydrogen-bond donors (Lipinski definition) is 2. The number of aromatic nitrogens is 2. The van der Waals surface area contributed by atoms with Gasteiger partial charge in [-0.15, -0.1) is 11.8 Å². The second-order valence-corrected chi connectivity index (χ2v) is 8.72. The number of hydrogen-bond acceptors (Lipinski definition) is 4. The highest BCUT2D eigenvalue weighted by molar-refractivity contribution is 9.10. The molecule has 2 N–H and O–H groups in total. The number of amides is 2. The van der Waals surface area contributed by atoms with Gasteiger partial charge in [0.1, 0.15) is 0 Å². The predicted octanol–water partition coefficient (Wildman–Crippen LogP) is 4.64. The van der Waals surface area contributed by atoms with Gasteiger partial charge < -0.3 is 10.6 Å². The molecule has 1 atom stereocenters. The zero-order valence-electron chi connectivity index (χ0n) is 16.1. The Labute approximate surface area is 182 Å². The van der Waals surface area contributed by atoms with Crippen molar-refractivity contribution in [2.75, 3.05) is 16.4 Å². The number of para-hydroxylation sites is 2. The third kappa shape index (κ3) is 5.95. The summed E-state index contributed by atoms with van der Waals surface area (Å²) in [5.41, 5.74) is 3.30. The molecule has 29 heavy (non-hydrogen) atoms. The molecule has 1 aromatic heterocycles. The van der Waals surface area contributed by atoms with Crippen LogP contribution in [0.15, 0.2) is 65.4 Å². The van der Waals surface area contributed by atoms with Crippen molar-refractivity contribution in [3.05, 3.63) is 71.0 Å². The van der Waals surface area contributed by atoms with Crippen LogP contribution < -0.4 is 10.6 Å². The van der Waals surface area contributed by atoms with Crippen LogP contribution in [-0.2, 0) is 9.59 Å². The quantitative estimate of drug-likeness (QED) is 0.524. The Hall–Kier alpha value is -2.58. The molecule has 0 saturated carbocycles. The van der Waals surface area contributed by atoms with Gasteiger partial charge >= 0.3 is 0 Å². The van der Waals surface area contributed by atoms with Crippen molar-refractivity contribution in [2.45, 2.75) is 19.1 Å². The lowest BCUT2D eigenvalue weighted by Gasteiger charge is -2.15. The molecule has 1 unspecified atom stereocenters. The van der Waals surface area contributed by atoms with E-state index in [9.17, 15) is 9.59 Å². The molecule has 2 aromatic carbocycles. The van der Waals surface area contributed by atoms with Gasteiger partial charge in [-0.1, -0.05) is 29.8 Å². The number of benzene rings is 2. The van der Waals surface area contributed by atoms with Crippen LogP contribution >= 0.6 is 27.7 Å². The maximum absolute atomic E-state index is 12.6. The first-order valence-corrected chi connectivity index (χ1v) is 10.8. The van der Waals surface area contributed by atoms with Gasteiger partial charge in [-0.25, -0.2) is 4.68 Å². The van der Waals surface area contributed by atoms with Gasteiger partial charge in [0.2, 0.25) is 11.8 Å². The van der Waals surface area contributed by atoms with E-state index in [4.69, 9.17) is 0 Å². The summed E-state index contributed by atoms with van der Waals surface area (Å²) in [6.07, 6.45) is 3.50. The standard InChI is InChI=1S/C21H21BrN4O2S/c1-14-7-9-17(10-8-14)24-20(27)13-29-15(2)21(28)25-18-5-3-4-6-19(18)26-12-16(22)11-23-26/h3-12,15H,13H2,1-2H3,(H,24,27)(H,25,28). The Morgan fingerprint density at radius 2 is 1.86 bits per heavy atom. The highest BCUT2D eigenvalue weighted by Gasteiger charge is 2.17. The van der Waals surface area contributed by atoms with Crippen LogP contribution in [0.5, 0.6) is 0 Å². The lowest BCUT2D eigenvalue weighted by atomic mass is 10.2. The van der Waals surface area contributed by atoms with Crippen LogP contribution in [0.3, 0.4) is 0 Å². The van der Waals surface area contributed by atoms with Gasteiger partial charge in [0.25, 0.3) is 0 Å². The molecule has 0 radical (unpaired) electrons. The van der Waals surface area contributed by atoms with Crippen LogP contribution in [0.25, 0.3) is 5.69 Å². The maximum Gasteiger partial charge on any atom is 0.237 e. The first-order chi connectivity index (χ1) is 13.9. The molecule has 3 aromatic rings. The Morgan fingerprint density at radius 3 is 2.55 bits per heavy atom. The van der Waals surface area contributed by atoms with Crippen molar-refractivity contribution < 1.29 is 9.59 Å². The highest BCUT2D eigenvalue weighted by Crippen LogP contribution is 2.22. The number of thioether (sulfide) groups is 1. The molecule has 6 nitrogen and oxygen atoms in total. The van der Waals surface area contributed by atoms with E-state index in [1.54, 1.807) is 17.8 Å². The fraction of sp³-hybridized carbons (Fsp3) is 0.190. The molecule has 8 heteroatoms. The number of nitrogens with one attached hydrogen (secondary N) is 2. The van der Waals surface area contributed by atoms with Crippen LogP contribution in [0.1, 0.15) is 12.5 Å². The number of anilines is 2. The van der Waals surface area contributed by atoms with Crippen molar-refractivity contribution in [3.63, 3.8) is 0 Å². The Bertz CT molecular complexity index is 1000.